The highest BCUT2D eigenvalue weighted by Crippen LogP contribution is 2.19. The number of nitrogens with one attached hydrogen (secondary N) is 1. The Morgan fingerprint density at radius 3 is 2.61 bits per heavy atom. The Bertz CT molecular complexity index is 830. The van der Waals surface area contributed by atoms with Crippen molar-refractivity contribution in [2.45, 2.75) is 17.9 Å². The summed E-state index contributed by atoms with van der Waals surface area (Å²) in [5.41, 5.74) is -0.117. The third kappa shape index (κ3) is 4.61. The van der Waals surface area contributed by atoms with Gasteiger partial charge in [0.15, 0.2) is 9.84 Å². The molecule has 2 rings (SSSR count). The average Bonchev–Trinajstić information content (AvgIpc) is 2.97. The first-order valence-corrected chi connectivity index (χ1v) is 8.35. The third-order valence-corrected chi connectivity index (χ3v) is 3.99. The predicted molar refractivity (Wildman–Crippen MR) is 79.8 cm³/mol. The normalized spacial score (nSPS) is 11.2. The Balaban J connectivity index is 2.16. The Morgan fingerprint density at radius 1 is 1.30 bits per heavy atom. The summed E-state index contributed by atoms with van der Waals surface area (Å²) in [5.74, 6) is -1.68. The number of nitrogens with zero attached hydrogens (tertiary/aromatic N) is 3. The van der Waals surface area contributed by atoms with Crippen molar-refractivity contribution < 1.29 is 23.1 Å². The molecule has 10 heteroatoms. The zero-order valence-electron chi connectivity index (χ0n) is 12.1. The number of amides is 1. The van der Waals surface area contributed by atoms with E-state index in [2.05, 4.69) is 15.4 Å². The van der Waals surface area contributed by atoms with Crippen molar-refractivity contribution in [3.05, 3.63) is 36.4 Å². The van der Waals surface area contributed by atoms with Gasteiger partial charge in [-0.15, -0.1) is 0 Å². The van der Waals surface area contributed by atoms with Crippen molar-refractivity contribution >= 4 is 27.4 Å². The topological polar surface area (TPSA) is 131 Å². The smallest absolute Gasteiger partial charge is 0.335 e. The molecule has 1 aromatic heterocycles. The van der Waals surface area contributed by atoms with Gasteiger partial charge in [0, 0.05) is 18.4 Å². The second kappa shape index (κ2) is 6.57. The molecular weight excluding hydrogens is 324 g/mol. The fraction of sp³-hybridized carbons (Fsp3) is 0.231. The first kappa shape index (κ1) is 16.6. The van der Waals surface area contributed by atoms with Crippen molar-refractivity contribution in [3.63, 3.8) is 0 Å². The van der Waals surface area contributed by atoms with Crippen molar-refractivity contribution in [3.8, 4) is 0 Å². The first-order valence-electron chi connectivity index (χ1n) is 6.46. The highest BCUT2D eigenvalue weighted by molar-refractivity contribution is 7.90. The van der Waals surface area contributed by atoms with E-state index in [9.17, 15) is 18.0 Å². The number of rotatable bonds is 6. The van der Waals surface area contributed by atoms with Crippen LogP contribution in [0.5, 0.6) is 0 Å². The van der Waals surface area contributed by atoms with Crippen LogP contribution >= 0.6 is 0 Å². The molecule has 23 heavy (non-hydrogen) atoms. The summed E-state index contributed by atoms with van der Waals surface area (Å²) >= 11 is 0. The summed E-state index contributed by atoms with van der Waals surface area (Å²) in [7, 11) is -3.60. The van der Waals surface area contributed by atoms with Gasteiger partial charge in [-0.05, 0) is 18.2 Å². The first-order chi connectivity index (χ1) is 10.8. The quantitative estimate of drug-likeness (QED) is 0.779. The van der Waals surface area contributed by atoms with E-state index in [1.165, 1.54) is 29.5 Å². The maximum Gasteiger partial charge on any atom is 0.335 e. The van der Waals surface area contributed by atoms with Crippen LogP contribution in [0.4, 0.5) is 5.69 Å². The Morgan fingerprint density at radius 2 is 2.04 bits per heavy atom. The molecule has 1 heterocycles. The van der Waals surface area contributed by atoms with Crippen LogP contribution in [-0.4, -0.2) is 46.4 Å². The van der Waals surface area contributed by atoms with E-state index in [1.807, 2.05) is 0 Å². The van der Waals surface area contributed by atoms with Gasteiger partial charge >= 0.3 is 5.97 Å². The molecule has 0 fully saturated rings. The summed E-state index contributed by atoms with van der Waals surface area (Å²) in [6, 6.07) is 3.46. The molecule has 0 unspecified atom stereocenters. The molecular formula is C13H14N4O5S. The van der Waals surface area contributed by atoms with Gasteiger partial charge in [0.25, 0.3) is 0 Å². The molecule has 2 N–H and O–H groups in total. The van der Waals surface area contributed by atoms with Gasteiger partial charge in [-0.1, -0.05) is 0 Å². The SMILES string of the molecule is CS(=O)(=O)c1cc(NC(=O)CCn2cncn2)cc(C(=O)O)c1. The molecule has 122 valence electrons. The molecule has 2 aromatic rings. The highest BCUT2D eigenvalue weighted by Gasteiger charge is 2.15. The summed E-state index contributed by atoms with van der Waals surface area (Å²) < 4.78 is 24.7. The largest absolute Gasteiger partial charge is 0.478 e. The van der Waals surface area contributed by atoms with E-state index < -0.39 is 21.7 Å². The van der Waals surface area contributed by atoms with Crippen LogP contribution in [0.1, 0.15) is 16.8 Å². The Labute approximate surface area is 131 Å². The number of carbonyl (C=O) groups is 2. The lowest BCUT2D eigenvalue weighted by molar-refractivity contribution is -0.116. The molecule has 0 saturated carbocycles. The number of anilines is 1. The molecule has 0 aliphatic carbocycles. The molecule has 0 bridgehead atoms. The summed E-state index contributed by atoms with van der Waals surface area (Å²) in [6.45, 7) is 0.295. The molecule has 0 spiro atoms. The maximum absolute atomic E-state index is 11.9. The summed E-state index contributed by atoms with van der Waals surface area (Å²) in [5, 5.41) is 15.4. The van der Waals surface area contributed by atoms with Gasteiger partial charge in [0.05, 0.1) is 17.0 Å². The van der Waals surface area contributed by atoms with Crippen LogP contribution in [0, 0.1) is 0 Å². The Hall–Kier alpha value is -2.75. The number of carbonyl (C=O) groups excluding carboxylic acids is 1. The second-order valence-corrected chi connectivity index (χ2v) is 6.80. The third-order valence-electron chi connectivity index (χ3n) is 2.90. The van der Waals surface area contributed by atoms with E-state index in [0.717, 1.165) is 12.3 Å². The fourth-order valence-corrected chi connectivity index (χ4v) is 2.48. The Kier molecular flexibility index (Phi) is 4.74. The molecule has 1 aromatic carbocycles. The monoisotopic (exact) mass is 338 g/mol. The van der Waals surface area contributed by atoms with Crippen LogP contribution < -0.4 is 5.32 Å². The molecule has 1 amide bonds. The molecule has 9 nitrogen and oxygen atoms in total. The number of carboxylic acids is 1. The minimum absolute atomic E-state index is 0.0782. The zero-order valence-corrected chi connectivity index (χ0v) is 12.9. The number of benzene rings is 1. The molecule has 0 aliphatic rings. The summed E-state index contributed by atoms with van der Waals surface area (Å²) in [4.78, 5) is 26.5. The van der Waals surface area contributed by atoms with Gasteiger partial charge in [-0.2, -0.15) is 5.10 Å². The van der Waals surface area contributed by atoms with Crippen LogP contribution in [-0.2, 0) is 21.2 Å². The predicted octanol–water partition coefficient (Wildman–Crippen LogP) is 0.409. The minimum Gasteiger partial charge on any atom is -0.478 e. The van der Waals surface area contributed by atoms with Gasteiger partial charge in [0.2, 0.25) is 5.91 Å². The number of aryl methyl sites for hydroxylation is 1. The molecule has 0 radical (unpaired) electrons. The molecule has 0 atom stereocenters. The lowest BCUT2D eigenvalue weighted by atomic mass is 10.2. The van der Waals surface area contributed by atoms with Gasteiger partial charge in [-0.3, -0.25) is 9.48 Å². The number of aromatic nitrogens is 3. The van der Waals surface area contributed by atoms with Crippen molar-refractivity contribution in [2.24, 2.45) is 0 Å². The standard InChI is InChI=1S/C13H14N4O5S/c1-23(21,22)11-5-9(13(19)20)4-10(6-11)16-12(18)2-3-17-8-14-7-15-17/h4-8H,2-3H2,1H3,(H,16,18)(H,19,20). The van der Waals surface area contributed by atoms with E-state index in [-0.39, 0.29) is 22.6 Å². The zero-order chi connectivity index (χ0) is 17.0. The van der Waals surface area contributed by atoms with Gasteiger partial charge < -0.3 is 10.4 Å². The number of sulfone groups is 1. The summed E-state index contributed by atoms with van der Waals surface area (Å²) in [6.07, 6.45) is 3.84. The van der Waals surface area contributed by atoms with E-state index in [4.69, 9.17) is 5.11 Å². The van der Waals surface area contributed by atoms with Crippen molar-refractivity contribution in [2.75, 3.05) is 11.6 Å². The van der Waals surface area contributed by atoms with E-state index in [0.29, 0.717) is 6.54 Å². The maximum atomic E-state index is 11.9. The number of aromatic carboxylic acids is 1. The van der Waals surface area contributed by atoms with E-state index >= 15 is 0 Å². The number of hydrogen-bond acceptors (Lipinski definition) is 6. The number of carboxylic acid groups (broad SMARTS) is 1. The van der Waals surface area contributed by atoms with Gasteiger partial charge in [-0.25, -0.2) is 18.2 Å². The second-order valence-electron chi connectivity index (χ2n) is 4.78. The van der Waals surface area contributed by atoms with E-state index in [1.54, 1.807) is 0 Å². The fourth-order valence-electron chi connectivity index (χ4n) is 1.80. The van der Waals surface area contributed by atoms with Gasteiger partial charge in [0.1, 0.15) is 12.7 Å². The lowest BCUT2D eigenvalue weighted by Gasteiger charge is -2.09. The van der Waals surface area contributed by atoms with Crippen LogP contribution in [0.2, 0.25) is 0 Å². The van der Waals surface area contributed by atoms with Crippen LogP contribution in [0.3, 0.4) is 0 Å². The lowest BCUT2D eigenvalue weighted by Crippen LogP contribution is -2.15. The number of hydrogen-bond donors (Lipinski definition) is 2. The van der Waals surface area contributed by atoms with Crippen LogP contribution in [0.25, 0.3) is 0 Å². The molecule has 0 saturated heterocycles. The van der Waals surface area contributed by atoms with Crippen LogP contribution in [0.15, 0.2) is 35.7 Å². The molecule has 0 aliphatic heterocycles. The highest BCUT2D eigenvalue weighted by atomic mass is 32.2. The minimum atomic E-state index is -3.60. The van der Waals surface area contributed by atoms with Crippen molar-refractivity contribution in [1.82, 2.24) is 14.8 Å². The van der Waals surface area contributed by atoms with Crippen molar-refractivity contribution in [1.29, 1.82) is 0 Å². The average molecular weight is 338 g/mol.